The molecule has 4 rings (SSSR count). The highest BCUT2D eigenvalue weighted by molar-refractivity contribution is 6.20. The lowest BCUT2D eigenvalue weighted by atomic mass is 9.83. The van der Waals surface area contributed by atoms with Crippen molar-refractivity contribution in [2.45, 2.75) is 63.5 Å². The van der Waals surface area contributed by atoms with E-state index in [1.165, 1.54) is 11.9 Å². The van der Waals surface area contributed by atoms with Gasteiger partial charge in [-0.05, 0) is 44.8 Å². The molecule has 3 amide bonds. The highest BCUT2D eigenvalue weighted by atomic mass is 19.4. The van der Waals surface area contributed by atoms with Crippen LogP contribution in [0.15, 0.2) is 59.6 Å². The van der Waals surface area contributed by atoms with Gasteiger partial charge in [0.1, 0.15) is 0 Å². The molecule has 2 aliphatic rings. The SMILES string of the molecule is CN1C(=O)C(NC(=O)C(CCC(F)(F)F)C(CCC(F)(F)F)C(=O)NCN2CCCCC2)N=C(c2ccccc2)c2ccccc21. The lowest BCUT2D eigenvalue weighted by Crippen LogP contribution is -2.51. The number of para-hydroxylation sites is 1. The second-order valence-electron chi connectivity index (χ2n) is 11.6. The number of nitrogens with zero attached hydrogens (tertiary/aromatic N) is 3. The van der Waals surface area contributed by atoms with Crippen molar-refractivity contribution < 1.29 is 40.7 Å². The van der Waals surface area contributed by atoms with Crippen LogP contribution in [-0.2, 0) is 14.4 Å². The molecule has 0 aromatic heterocycles. The molecule has 8 nitrogen and oxygen atoms in total. The predicted octanol–water partition coefficient (Wildman–Crippen LogP) is 5.42. The number of rotatable bonds is 11. The fraction of sp³-hybridized carbons (Fsp3) is 0.500. The lowest BCUT2D eigenvalue weighted by molar-refractivity contribution is -0.153. The van der Waals surface area contributed by atoms with Gasteiger partial charge >= 0.3 is 12.4 Å². The summed E-state index contributed by atoms with van der Waals surface area (Å²) in [6.07, 6.45) is -13.3. The average Bonchev–Trinajstić information content (AvgIpc) is 3.12. The molecule has 1 saturated heterocycles. The summed E-state index contributed by atoms with van der Waals surface area (Å²) in [5.41, 5.74) is 1.92. The number of halogens is 6. The normalized spacial score (nSPS) is 19.0. The van der Waals surface area contributed by atoms with E-state index in [1.807, 2.05) is 4.90 Å². The Hall–Kier alpha value is -3.94. The first-order valence-electron chi connectivity index (χ1n) is 15.2. The van der Waals surface area contributed by atoms with Gasteiger partial charge in [-0.15, -0.1) is 0 Å². The van der Waals surface area contributed by atoms with Crippen molar-refractivity contribution >= 4 is 29.1 Å². The minimum atomic E-state index is -4.75. The number of carbonyl (C=O) groups is 3. The summed E-state index contributed by atoms with van der Waals surface area (Å²) in [6.45, 7) is 1.28. The first kappa shape index (κ1) is 34.9. The van der Waals surface area contributed by atoms with E-state index in [0.29, 0.717) is 35.6 Å². The van der Waals surface area contributed by atoms with E-state index in [0.717, 1.165) is 19.3 Å². The van der Waals surface area contributed by atoms with E-state index in [2.05, 4.69) is 15.6 Å². The number of hydrogen-bond donors (Lipinski definition) is 2. The highest BCUT2D eigenvalue weighted by Crippen LogP contribution is 2.34. The number of carbonyl (C=O) groups excluding carboxylic acids is 3. The number of benzene rings is 2. The molecule has 2 heterocycles. The molecule has 14 heteroatoms. The summed E-state index contributed by atoms with van der Waals surface area (Å²) in [6, 6.07) is 15.5. The van der Waals surface area contributed by atoms with Crippen LogP contribution in [0.1, 0.15) is 56.1 Å². The van der Waals surface area contributed by atoms with E-state index >= 15 is 0 Å². The zero-order valence-corrected chi connectivity index (χ0v) is 25.3. The minimum absolute atomic E-state index is 0.0101. The van der Waals surface area contributed by atoms with Crippen LogP contribution in [-0.4, -0.2) is 73.7 Å². The molecule has 46 heavy (non-hydrogen) atoms. The van der Waals surface area contributed by atoms with Crippen molar-refractivity contribution in [3.8, 4) is 0 Å². The van der Waals surface area contributed by atoms with Crippen molar-refractivity contribution in [3.63, 3.8) is 0 Å². The quantitative estimate of drug-likeness (QED) is 0.317. The maximum atomic E-state index is 13.8. The molecule has 250 valence electrons. The Morgan fingerprint density at radius 3 is 2.02 bits per heavy atom. The van der Waals surface area contributed by atoms with Crippen LogP contribution in [0, 0.1) is 11.8 Å². The molecule has 2 aliphatic heterocycles. The summed E-state index contributed by atoms with van der Waals surface area (Å²) in [7, 11) is 1.45. The van der Waals surface area contributed by atoms with Gasteiger partial charge in [-0.2, -0.15) is 26.3 Å². The number of anilines is 1. The van der Waals surface area contributed by atoms with E-state index < -0.39 is 73.8 Å². The van der Waals surface area contributed by atoms with Gasteiger partial charge < -0.3 is 15.5 Å². The molecule has 2 aromatic carbocycles. The fourth-order valence-electron chi connectivity index (χ4n) is 5.79. The molecule has 0 bridgehead atoms. The summed E-state index contributed by atoms with van der Waals surface area (Å²) >= 11 is 0. The smallest absolute Gasteiger partial charge is 0.343 e. The average molecular weight is 654 g/mol. The van der Waals surface area contributed by atoms with Gasteiger partial charge in [0.2, 0.25) is 18.0 Å². The molecule has 3 unspecified atom stereocenters. The highest BCUT2D eigenvalue weighted by Gasteiger charge is 2.41. The van der Waals surface area contributed by atoms with Crippen molar-refractivity contribution in [3.05, 3.63) is 65.7 Å². The Morgan fingerprint density at radius 1 is 0.848 bits per heavy atom. The number of alkyl halides is 6. The zero-order valence-electron chi connectivity index (χ0n) is 25.3. The van der Waals surface area contributed by atoms with Gasteiger partial charge in [0.25, 0.3) is 5.91 Å². The third-order valence-corrected chi connectivity index (χ3v) is 8.23. The molecule has 0 saturated carbocycles. The molecule has 0 radical (unpaired) electrons. The van der Waals surface area contributed by atoms with Gasteiger partial charge in [0.15, 0.2) is 0 Å². The number of aliphatic imine (C=N–C) groups is 1. The first-order chi connectivity index (χ1) is 21.7. The summed E-state index contributed by atoms with van der Waals surface area (Å²) in [5.74, 6) is -6.42. The van der Waals surface area contributed by atoms with Gasteiger partial charge in [0.05, 0.1) is 18.1 Å². The maximum Gasteiger partial charge on any atom is 0.389 e. The Kier molecular flexibility index (Phi) is 11.5. The predicted molar refractivity (Wildman–Crippen MR) is 160 cm³/mol. The van der Waals surface area contributed by atoms with Crippen molar-refractivity contribution in [2.75, 3.05) is 31.7 Å². The number of likely N-dealkylation sites (tertiary alicyclic amines) is 1. The van der Waals surface area contributed by atoms with Crippen LogP contribution >= 0.6 is 0 Å². The van der Waals surface area contributed by atoms with Gasteiger partial charge in [-0.1, -0.05) is 55.0 Å². The molecule has 2 aromatic rings. The summed E-state index contributed by atoms with van der Waals surface area (Å²) < 4.78 is 80.3. The molecular formula is C32H37F6N5O3. The van der Waals surface area contributed by atoms with Crippen LogP contribution in [0.4, 0.5) is 32.0 Å². The Labute approximate surface area is 263 Å². The molecule has 0 aliphatic carbocycles. The number of fused-ring (bicyclic) bond motifs is 1. The monoisotopic (exact) mass is 653 g/mol. The molecule has 3 atom stereocenters. The van der Waals surface area contributed by atoms with Crippen molar-refractivity contribution in [2.24, 2.45) is 16.8 Å². The standard InChI is InChI=1S/C32H37F6N5O3/c1-42-25-13-7-6-12-24(25)26(21-10-4-2-5-11-21)40-27(30(42)46)41-29(45)23(15-17-32(36,37)38)22(14-16-31(33,34)35)28(44)39-20-43-18-8-3-9-19-43/h2,4-7,10-13,22-23,27H,3,8-9,14-20H2,1H3,(H,39,44)(H,41,45). The van der Waals surface area contributed by atoms with Gasteiger partial charge in [-0.25, -0.2) is 4.99 Å². The topological polar surface area (TPSA) is 94.1 Å². The van der Waals surface area contributed by atoms with Crippen molar-refractivity contribution in [1.29, 1.82) is 0 Å². The third-order valence-electron chi connectivity index (χ3n) is 8.23. The number of amides is 3. The van der Waals surface area contributed by atoms with E-state index in [-0.39, 0.29) is 6.67 Å². The Balaban J connectivity index is 1.67. The molecular weight excluding hydrogens is 616 g/mol. The second kappa shape index (κ2) is 15.1. The molecule has 1 fully saturated rings. The minimum Gasteiger partial charge on any atom is -0.343 e. The Bertz CT molecular complexity index is 1390. The first-order valence-corrected chi connectivity index (χ1v) is 15.2. The maximum absolute atomic E-state index is 13.8. The lowest BCUT2D eigenvalue weighted by Gasteiger charge is -2.30. The van der Waals surface area contributed by atoms with Gasteiger partial charge in [-0.3, -0.25) is 19.3 Å². The van der Waals surface area contributed by atoms with E-state index in [1.54, 1.807) is 54.6 Å². The number of piperidine rings is 1. The van der Waals surface area contributed by atoms with Gasteiger partial charge in [0, 0.05) is 42.9 Å². The Morgan fingerprint density at radius 2 is 1.41 bits per heavy atom. The second-order valence-corrected chi connectivity index (χ2v) is 11.6. The largest absolute Gasteiger partial charge is 0.389 e. The molecule has 0 spiro atoms. The van der Waals surface area contributed by atoms with Crippen molar-refractivity contribution in [1.82, 2.24) is 15.5 Å². The van der Waals surface area contributed by atoms with E-state index in [9.17, 15) is 40.7 Å². The number of nitrogens with one attached hydrogen (secondary N) is 2. The summed E-state index contributed by atoms with van der Waals surface area (Å²) in [5, 5.41) is 4.94. The van der Waals surface area contributed by atoms with Crippen LogP contribution < -0.4 is 15.5 Å². The van der Waals surface area contributed by atoms with E-state index in [4.69, 9.17) is 0 Å². The number of likely N-dealkylation sites (N-methyl/N-ethyl adjacent to an activating group) is 1. The van der Waals surface area contributed by atoms with Crippen LogP contribution in [0.5, 0.6) is 0 Å². The van der Waals surface area contributed by atoms with Crippen LogP contribution in [0.2, 0.25) is 0 Å². The summed E-state index contributed by atoms with van der Waals surface area (Å²) in [4.78, 5) is 48.4. The number of hydrogen-bond acceptors (Lipinski definition) is 5. The molecule has 2 N–H and O–H groups in total. The fourth-order valence-corrected chi connectivity index (χ4v) is 5.79. The number of benzodiazepines with no additional fused rings is 1. The van der Waals surface area contributed by atoms with Crippen LogP contribution in [0.25, 0.3) is 0 Å². The zero-order chi connectivity index (χ0) is 33.5. The van der Waals surface area contributed by atoms with Crippen LogP contribution in [0.3, 0.4) is 0 Å². The third kappa shape index (κ3) is 9.54.